The van der Waals surface area contributed by atoms with Gasteiger partial charge in [0.05, 0.1) is 12.1 Å². The van der Waals surface area contributed by atoms with E-state index < -0.39 is 0 Å². The van der Waals surface area contributed by atoms with Gasteiger partial charge >= 0.3 is 0 Å². The maximum Gasteiger partial charge on any atom is 0.189 e. The summed E-state index contributed by atoms with van der Waals surface area (Å²) < 4.78 is 1.82. The molecule has 0 unspecified atom stereocenters. The number of hydrogen-bond donors (Lipinski definition) is 0. The molecule has 0 N–H and O–H groups in total. The lowest BCUT2D eigenvalue weighted by Crippen LogP contribution is -2.14. The summed E-state index contributed by atoms with van der Waals surface area (Å²) in [6.07, 6.45) is 1.68. The fourth-order valence-corrected chi connectivity index (χ4v) is 2.38. The number of nitrogens with zero attached hydrogens (tertiary/aromatic N) is 1. The molecule has 21 heavy (non-hydrogen) atoms. The van der Waals surface area contributed by atoms with Crippen molar-refractivity contribution < 1.29 is 4.79 Å². The van der Waals surface area contributed by atoms with E-state index >= 15 is 0 Å². The Labute approximate surface area is 122 Å². The third-order valence-corrected chi connectivity index (χ3v) is 3.57. The highest BCUT2D eigenvalue weighted by molar-refractivity contribution is 5.96. The first-order valence-electron chi connectivity index (χ1n) is 6.83. The summed E-state index contributed by atoms with van der Waals surface area (Å²) in [5.74, 6) is 0.0313. The van der Waals surface area contributed by atoms with Crippen LogP contribution in [0.25, 0.3) is 10.9 Å². The molecule has 0 fully saturated rings. The molecule has 2 aromatic carbocycles. The summed E-state index contributed by atoms with van der Waals surface area (Å²) in [6.45, 7) is 2.22. The smallest absolute Gasteiger partial charge is 0.189 e. The van der Waals surface area contributed by atoms with Crippen LogP contribution in [0.2, 0.25) is 0 Å². The van der Waals surface area contributed by atoms with E-state index in [1.807, 2.05) is 54.0 Å². The third kappa shape index (κ3) is 2.63. The summed E-state index contributed by atoms with van der Waals surface area (Å²) in [4.78, 5) is 24.2. The Balaban J connectivity index is 1.99. The van der Waals surface area contributed by atoms with Crippen molar-refractivity contribution in [1.29, 1.82) is 0 Å². The molecule has 0 aliphatic carbocycles. The Morgan fingerprint density at radius 1 is 1.00 bits per heavy atom. The minimum absolute atomic E-state index is 0.0235. The molecule has 3 rings (SSSR count). The zero-order chi connectivity index (χ0) is 14.8. The van der Waals surface area contributed by atoms with Crippen LogP contribution in [0.4, 0.5) is 0 Å². The van der Waals surface area contributed by atoms with Gasteiger partial charge in [-0.25, -0.2) is 0 Å². The largest absolute Gasteiger partial charge is 0.339 e. The predicted molar refractivity (Wildman–Crippen MR) is 83.7 cm³/mol. The molecule has 104 valence electrons. The van der Waals surface area contributed by atoms with Crippen molar-refractivity contribution in [1.82, 2.24) is 4.57 Å². The molecule has 0 atom stereocenters. The average Bonchev–Trinajstić information content (AvgIpc) is 2.51. The molecule has 0 aliphatic heterocycles. The zero-order valence-electron chi connectivity index (χ0n) is 11.7. The molecule has 0 saturated heterocycles. The standard InChI is InChI=1S/C18H15NO2/c1-13-6-8-14(9-7-13)18(21)12-19-11-10-17(20)15-4-2-3-5-16(15)19/h2-11H,12H2,1H3. The van der Waals surface area contributed by atoms with Crippen molar-refractivity contribution in [2.75, 3.05) is 0 Å². The van der Waals surface area contributed by atoms with Gasteiger partial charge in [-0.1, -0.05) is 42.0 Å². The minimum Gasteiger partial charge on any atom is -0.339 e. The lowest BCUT2D eigenvalue weighted by Gasteiger charge is -2.10. The quantitative estimate of drug-likeness (QED) is 0.690. The molecule has 0 bridgehead atoms. The van der Waals surface area contributed by atoms with E-state index in [1.165, 1.54) is 6.07 Å². The van der Waals surface area contributed by atoms with Gasteiger partial charge < -0.3 is 4.57 Å². The first-order valence-corrected chi connectivity index (χ1v) is 6.83. The van der Waals surface area contributed by atoms with E-state index in [9.17, 15) is 9.59 Å². The molecule has 0 aliphatic rings. The molecule has 1 heterocycles. The molecular weight excluding hydrogens is 262 g/mol. The zero-order valence-corrected chi connectivity index (χ0v) is 11.7. The lowest BCUT2D eigenvalue weighted by molar-refractivity contribution is 0.0973. The Hall–Kier alpha value is -2.68. The van der Waals surface area contributed by atoms with Crippen molar-refractivity contribution in [3.63, 3.8) is 0 Å². The van der Waals surface area contributed by atoms with Crippen molar-refractivity contribution in [2.45, 2.75) is 13.5 Å². The second-order valence-electron chi connectivity index (χ2n) is 5.11. The van der Waals surface area contributed by atoms with Crippen molar-refractivity contribution >= 4 is 16.7 Å². The number of carbonyl (C=O) groups excluding carboxylic acids is 1. The molecular formula is C18H15NO2. The second kappa shape index (κ2) is 5.37. The topological polar surface area (TPSA) is 39.1 Å². The number of carbonyl (C=O) groups is 1. The number of aryl methyl sites for hydroxylation is 1. The molecule has 0 spiro atoms. The first kappa shape index (κ1) is 13.3. The lowest BCUT2D eigenvalue weighted by atomic mass is 10.1. The number of pyridine rings is 1. The number of hydrogen-bond acceptors (Lipinski definition) is 2. The number of Topliss-reactive ketones (excluding diaryl/α,β-unsaturated/α-hetero) is 1. The minimum atomic E-state index is -0.0235. The number of fused-ring (bicyclic) bond motifs is 1. The predicted octanol–water partition coefficient (Wildman–Crippen LogP) is 3.19. The van der Waals surface area contributed by atoms with E-state index in [0.717, 1.165) is 11.1 Å². The number of benzene rings is 2. The molecule has 3 nitrogen and oxygen atoms in total. The highest BCUT2D eigenvalue weighted by Gasteiger charge is 2.08. The van der Waals surface area contributed by atoms with Gasteiger partial charge in [-0.15, -0.1) is 0 Å². The van der Waals surface area contributed by atoms with Gasteiger partial charge in [-0.05, 0) is 19.1 Å². The van der Waals surface area contributed by atoms with Crippen LogP contribution in [0.3, 0.4) is 0 Å². The van der Waals surface area contributed by atoms with E-state index in [-0.39, 0.29) is 17.8 Å². The number of para-hydroxylation sites is 1. The van der Waals surface area contributed by atoms with Gasteiger partial charge in [0, 0.05) is 23.2 Å². The number of aromatic nitrogens is 1. The Morgan fingerprint density at radius 3 is 2.48 bits per heavy atom. The summed E-state index contributed by atoms with van der Waals surface area (Å²) in [7, 11) is 0. The normalized spacial score (nSPS) is 10.7. The van der Waals surface area contributed by atoms with E-state index in [4.69, 9.17) is 0 Å². The summed E-state index contributed by atoms with van der Waals surface area (Å²) in [5, 5.41) is 0.636. The Kier molecular flexibility index (Phi) is 3.40. The van der Waals surface area contributed by atoms with Crippen LogP contribution < -0.4 is 5.43 Å². The number of ketones is 1. The van der Waals surface area contributed by atoms with Crippen LogP contribution in [0, 0.1) is 6.92 Å². The van der Waals surface area contributed by atoms with Crippen molar-refractivity contribution in [3.8, 4) is 0 Å². The second-order valence-corrected chi connectivity index (χ2v) is 5.11. The highest BCUT2D eigenvalue weighted by Crippen LogP contribution is 2.11. The van der Waals surface area contributed by atoms with Gasteiger partial charge in [0.1, 0.15) is 0 Å². The molecule has 0 saturated carbocycles. The first-order chi connectivity index (χ1) is 10.1. The van der Waals surface area contributed by atoms with Crippen LogP contribution in [-0.2, 0) is 6.54 Å². The Morgan fingerprint density at radius 2 is 1.71 bits per heavy atom. The van der Waals surface area contributed by atoms with Gasteiger partial charge in [-0.3, -0.25) is 9.59 Å². The monoisotopic (exact) mass is 277 g/mol. The average molecular weight is 277 g/mol. The molecule has 3 aromatic rings. The van der Waals surface area contributed by atoms with Gasteiger partial charge in [-0.2, -0.15) is 0 Å². The molecule has 0 amide bonds. The molecule has 0 radical (unpaired) electrons. The summed E-state index contributed by atoms with van der Waals surface area (Å²) in [6, 6.07) is 16.4. The summed E-state index contributed by atoms with van der Waals surface area (Å²) in [5.41, 5.74) is 2.57. The van der Waals surface area contributed by atoms with E-state index in [1.54, 1.807) is 12.3 Å². The molecule has 1 aromatic heterocycles. The SMILES string of the molecule is Cc1ccc(C(=O)Cn2ccc(=O)c3ccccc32)cc1. The highest BCUT2D eigenvalue weighted by atomic mass is 16.1. The summed E-state index contributed by atoms with van der Waals surface area (Å²) >= 11 is 0. The molecule has 3 heteroatoms. The van der Waals surface area contributed by atoms with Crippen molar-refractivity contribution in [2.24, 2.45) is 0 Å². The fraction of sp³-hybridized carbons (Fsp3) is 0.111. The maximum atomic E-state index is 12.4. The fourth-order valence-electron chi connectivity index (χ4n) is 2.38. The van der Waals surface area contributed by atoms with Crippen LogP contribution in [0.15, 0.2) is 65.6 Å². The van der Waals surface area contributed by atoms with Crippen LogP contribution >= 0.6 is 0 Å². The Bertz CT molecular complexity index is 860. The number of rotatable bonds is 3. The van der Waals surface area contributed by atoms with Gasteiger partial charge in [0.15, 0.2) is 11.2 Å². The van der Waals surface area contributed by atoms with Gasteiger partial charge in [0.25, 0.3) is 0 Å². The van der Waals surface area contributed by atoms with Gasteiger partial charge in [0.2, 0.25) is 0 Å². The van der Waals surface area contributed by atoms with Crippen LogP contribution in [0.5, 0.6) is 0 Å². The third-order valence-electron chi connectivity index (χ3n) is 3.57. The van der Waals surface area contributed by atoms with E-state index in [0.29, 0.717) is 10.9 Å². The van der Waals surface area contributed by atoms with E-state index in [2.05, 4.69) is 0 Å². The van der Waals surface area contributed by atoms with Crippen LogP contribution in [-0.4, -0.2) is 10.4 Å². The van der Waals surface area contributed by atoms with Crippen LogP contribution in [0.1, 0.15) is 15.9 Å². The van der Waals surface area contributed by atoms with Crippen molar-refractivity contribution in [3.05, 3.63) is 82.1 Å². The maximum absolute atomic E-state index is 12.4.